The smallest absolute Gasteiger partial charge is 0.317 e. The summed E-state index contributed by atoms with van der Waals surface area (Å²) in [5.74, 6) is 1.70. The number of nitrogens with zero attached hydrogens (tertiary/aromatic N) is 2. The van der Waals surface area contributed by atoms with Crippen molar-refractivity contribution in [2.45, 2.75) is 0 Å². The summed E-state index contributed by atoms with van der Waals surface area (Å²) in [5, 5.41) is 0.630. The van der Waals surface area contributed by atoms with Crippen molar-refractivity contribution < 1.29 is 28.5 Å². The fourth-order valence-corrected chi connectivity index (χ4v) is 4.64. The third kappa shape index (κ3) is 4.03. The number of carbonyl (C=O) groups is 1. The molecule has 0 atom stereocenters. The zero-order valence-electron chi connectivity index (χ0n) is 18.8. The van der Waals surface area contributed by atoms with E-state index in [9.17, 15) is 4.79 Å². The molecule has 0 spiro atoms. The summed E-state index contributed by atoms with van der Waals surface area (Å²) in [7, 11) is 7.64. The number of carbonyl (C=O) groups excluding carboxylic acids is 1. The van der Waals surface area contributed by atoms with Crippen LogP contribution in [0.2, 0.25) is 0 Å². The Balaban J connectivity index is 1.94. The van der Waals surface area contributed by atoms with Crippen molar-refractivity contribution in [3.05, 3.63) is 53.7 Å². The number of hydrogen-bond acceptors (Lipinski definition) is 9. The lowest BCUT2D eigenvalue weighted by molar-refractivity contribution is 0.104. The lowest BCUT2D eigenvalue weighted by atomic mass is 9.98. The molecule has 0 fully saturated rings. The van der Waals surface area contributed by atoms with Gasteiger partial charge in [0.25, 0.3) is 0 Å². The second kappa shape index (κ2) is 9.33. The van der Waals surface area contributed by atoms with E-state index >= 15 is 0 Å². The molecule has 2 heterocycles. The monoisotopic (exact) mass is 466 g/mol. The van der Waals surface area contributed by atoms with Crippen molar-refractivity contribution in [2.24, 2.45) is 0 Å². The molecule has 0 unspecified atom stereocenters. The van der Waals surface area contributed by atoms with Gasteiger partial charge in [-0.1, -0.05) is 0 Å². The Hall–Kier alpha value is -3.85. The molecule has 0 aliphatic carbocycles. The van der Waals surface area contributed by atoms with Crippen LogP contribution in [0, 0.1) is 0 Å². The van der Waals surface area contributed by atoms with Gasteiger partial charge in [0.1, 0.15) is 10.6 Å². The molecule has 0 radical (unpaired) electrons. The highest BCUT2D eigenvalue weighted by Gasteiger charge is 2.25. The van der Waals surface area contributed by atoms with Crippen LogP contribution in [-0.2, 0) is 0 Å². The first-order valence-electron chi connectivity index (χ1n) is 9.87. The minimum absolute atomic E-state index is 0.222. The Kier molecular flexibility index (Phi) is 6.32. The molecule has 9 heteroatoms. The summed E-state index contributed by atoms with van der Waals surface area (Å²) in [6.07, 6.45) is 1.61. The van der Waals surface area contributed by atoms with Gasteiger partial charge in [0.05, 0.1) is 41.1 Å². The van der Waals surface area contributed by atoms with E-state index in [-0.39, 0.29) is 11.8 Å². The molecule has 4 rings (SSSR count). The average molecular weight is 467 g/mol. The highest BCUT2D eigenvalue weighted by atomic mass is 32.1. The fourth-order valence-electron chi connectivity index (χ4n) is 3.50. The number of benzene rings is 2. The number of aromatic nitrogens is 2. The second-order valence-corrected chi connectivity index (χ2v) is 7.85. The van der Waals surface area contributed by atoms with Crippen molar-refractivity contribution in [1.82, 2.24) is 9.97 Å². The van der Waals surface area contributed by atoms with Gasteiger partial charge in [-0.2, -0.15) is 4.98 Å². The van der Waals surface area contributed by atoms with Crippen LogP contribution >= 0.6 is 11.3 Å². The van der Waals surface area contributed by atoms with Crippen molar-refractivity contribution >= 4 is 27.3 Å². The molecule has 33 heavy (non-hydrogen) atoms. The van der Waals surface area contributed by atoms with E-state index in [0.29, 0.717) is 38.6 Å². The molecule has 2 aromatic heterocycles. The van der Waals surface area contributed by atoms with E-state index in [1.807, 2.05) is 24.3 Å². The maximum absolute atomic E-state index is 13.9. The van der Waals surface area contributed by atoms with Gasteiger partial charge in [-0.3, -0.25) is 4.79 Å². The van der Waals surface area contributed by atoms with Gasteiger partial charge >= 0.3 is 6.01 Å². The highest BCUT2D eigenvalue weighted by Crippen LogP contribution is 2.42. The summed E-state index contributed by atoms with van der Waals surface area (Å²) in [4.78, 5) is 23.9. The quantitative estimate of drug-likeness (QED) is 0.347. The maximum atomic E-state index is 13.9. The van der Waals surface area contributed by atoms with Gasteiger partial charge in [0, 0.05) is 22.0 Å². The molecule has 0 aliphatic rings. The largest absolute Gasteiger partial charge is 0.497 e. The number of hydrogen-bond donors (Lipinski definition) is 0. The Morgan fingerprint density at radius 1 is 0.848 bits per heavy atom. The van der Waals surface area contributed by atoms with Crippen LogP contribution in [0.4, 0.5) is 0 Å². The molecule has 0 saturated heterocycles. The van der Waals surface area contributed by atoms with Crippen molar-refractivity contribution in [3.63, 3.8) is 0 Å². The van der Waals surface area contributed by atoms with E-state index in [1.165, 1.54) is 39.8 Å². The molecular weight excluding hydrogens is 444 g/mol. The topological polar surface area (TPSA) is 89.0 Å². The van der Waals surface area contributed by atoms with Gasteiger partial charge in [-0.05, 0) is 42.0 Å². The molecule has 0 aliphatic heterocycles. The number of thiophene rings is 1. The first kappa shape index (κ1) is 22.3. The fraction of sp³-hybridized carbons (Fsp3) is 0.208. The first-order valence-corrected chi connectivity index (χ1v) is 10.7. The minimum Gasteiger partial charge on any atom is -0.497 e. The normalized spacial score (nSPS) is 10.7. The molecule has 4 aromatic rings. The summed E-state index contributed by atoms with van der Waals surface area (Å²) < 4.78 is 26.7. The van der Waals surface area contributed by atoms with E-state index in [0.717, 1.165) is 16.2 Å². The zero-order valence-corrected chi connectivity index (χ0v) is 19.6. The summed E-state index contributed by atoms with van der Waals surface area (Å²) in [6.45, 7) is 0. The average Bonchev–Trinajstić information content (AvgIpc) is 3.25. The Morgan fingerprint density at radius 2 is 1.52 bits per heavy atom. The van der Waals surface area contributed by atoms with Crippen molar-refractivity contribution in [1.29, 1.82) is 0 Å². The molecular formula is C24H22N2O6S. The second-order valence-electron chi connectivity index (χ2n) is 6.85. The standard InChI is InChI=1S/C24H22N2O6S/c1-28-15-8-6-13(7-9-15)22-19(16-12-25-24(32-5)26-23(16)33-22)20(27)14-10-17(29-2)21(31-4)18(11-14)30-3/h6-12H,1-5H3. The van der Waals surface area contributed by atoms with Crippen molar-refractivity contribution in [3.8, 4) is 39.4 Å². The summed E-state index contributed by atoms with van der Waals surface area (Å²) in [5.41, 5.74) is 1.72. The molecule has 8 nitrogen and oxygen atoms in total. The number of fused-ring (bicyclic) bond motifs is 1. The van der Waals surface area contributed by atoms with E-state index in [1.54, 1.807) is 25.4 Å². The van der Waals surface area contributed by atoms with Gasteiger partial charge in [0.2, 0.25) is 5.75 Å². The van der Waals surface area contributed by atoms with Gasteiger partial charge in [0.15, 0.2) is 17.3 Å². The molecule has 0 amide bonds. The van der Waals surface area contributed by atoms with E-state index in [2.05, 4.69) is 9.97 Å². The number of ether oxygens (including phenoxy) is 5. The highest BCUT2D eigenvalue weighted by molar-refractivity contribution is 7.22. The molecule has 0 saturated carbocycles. The van der Waals surface area contributed by atoms with Gasteiger partial charge < -0.3 is 23.7 Å². The van der Waals surface area contributed by atoms with Gasteiger partial charge in [-0.25, -0.2) is 4.98 Å². The Labute approximate surface area is 194 Å². The van der Waals surface area contributed by atoms with Crippen LogP contribution in [0.1, 0.15) is 15.9 Å². The van der Waals surface area contributed by atoms with Crippen LogP contribution in [0.15, 0.2) is 42.6 Å². The number of ketones is 1. The maximum Gasteiger partial charge on any atom is 0.317 e. The van der Waals surface area contributed by atoms with E-state index < -0.39 is 0 Å². The lowest BCUT2D eigenvalue weighted by Crippen LogP contribution is -2.05. The predicted octanol–water partition coefficient (Wildman–Crippen LogP) is 4.63. The van der Waals surface area contributed by atoms with E-state index in [4.69, 9.17) is 23.7 Å². The third-order valence-electron chi connectivity index (χ3n) is 5.12. The Morgan fingerprint density at radius 3 is 2.06 bits per heavy atom. The van der Waals surface area contributed by atoms with Crippen LogP contribution in [0.5, 0.6) is 29.0 Å². The van der Waals surface area contributed by atoms with Crippen LogP contribution in [0.3, 0.4) is 0 Å². The number of methoxy groups -OCH3 is 5. The molecule has 0 bridgehead atoms. The first-order chi connectivity index (χ1) is 16.0. The minimum atomic E-state index is -0.222. The predicted molar refractivity (Wildman–Crippen MR) is 125 cm³/mol. The summed E-state index contributed by atoms with van der Waals surface area (Å²) in [6, 6.07) is 11.0. The Bertz CT molecular complexity index is 1290. The van der Waals surface area contributed by atoms with Gasteiger partial charge in [-0.15, -0.1) is 11.3 Å². The summed E-state index contributed by atoms with van der Waals surface area (Å²) >= 11 is 1.39. The molecule has 0 N–H and O–H groups in total. The van der Waals surface area contributed by atoms with Crippen LogP contribution in [-0.4, -0.2) is 51.3 Å². The SMILES string of the molecule is COc1ccc(-c2sc3nc(OC)ncc3c2C(=O)c2cc(OC)c(OC)c(OC)c2)cc1. The third-order valence-corrected chi connectivity index (χ3v) is 6.26. The molecule has 170 valence electrons. The lowest BCUT2D eigenvalue weighted by Gasteiger charge is -2.14. The number of rotatable bonds is 8. The molecule has 2 aromatic carbocycles. The van der Waals surface area contributed by atoms with Crippen LogP contribution < -0.4 is 23.7 Å². The van der Waals surface area contributed by atoms with Crippen molar-refractivity contribution in [2.75, 3.05) is 35.5 Å². The van der Waals surface area contributed by atoms with Crippen LogP contribution in [0.25, 0.3) is 20.7 Å². The zero-order chi connectivity index (χ0) is 23.5.